The van der Waals surface area contributed by atoms with E-state index in [2.05, 4.69) is 37.0 Å². The molecule has 5 aliphatic rings. The van der Waals surface area contributed by atoms with Crippen molar-refractivity contribution < 1.29 is 4.79 Å². The number of hydrogen-bond acceptors (Lipinski definition) is 2. The predicted octanol–water partition coefficient (Wildman–Crippen LogP) is 5.22. The van der Waals surface area contributed by atoms with Gasteiger partial charge < -0.3 is 0 Å². The normalized spacial score (nSPS) is 48.1. The van der Waals surface area contributed by atoms with Crippen molar-refractivity contribution in [2.75, 3.05) is 0 Å². The molecule has 6 atom stereocenters. The van der Waals surface area contributed by atoms with Gasteiger partial charge in [0.2, 0.25) is 0 Å². The molecular formula is C24H27NO. The molecule has 1 heterocycles. The van der Waals surface area contributed by atoms with Crippen molar-refractivity contribution in [1.29, 1.82) is 0 Å². The van der Waals surface area contributed by atoms with Crippen LogP contribution < -0.4 is 0 Å². The van der Waals surface area contributed by atoms with Gasteiger partial charge in [-0.1, -0.05) is 37.6 Å². The summed E-state index contributed by atoms with van der Waals surface area (Å²) in [5.74, 6) is 2.48. The maximum Gasteiger partial charge on any atom is 0.140 e. The fraction of sp³-hybridized carbons (Fsp3) is 0.583. The molecule has 4 fully saturated rings. The van der Waals surface area contributed by atoms with Crippen molar-refractivity contribution in [3.63, 3.8) is 0 Å². The van der Waals surface area contributed by atoms with Gasteiger partial charge in [-0.25, -0.2) is 0 Å². The maximum absolute atomic E-state index is 13.3. The first-order valence-electron chi connectivity index (χ1n) is 10.4. The van der Waals surface area contributed by atoms with Crippen molar-refractivity contribution in [3.8, 4) is 0 Å². The molecule has 6 unspecified atom stereocenters. The summed E-state index contributed by atoms with van der Waals surface area (Å²) in [6, 6.07) is 4.21. The Morgan fingerprint density at radius 1 is 1.15 bits per heavy atom. The molecule has 0 aromatic carbocycles. The number of Topliss-reactive ketones (excluding diaryl/α,β-unsaturated/α-hetero) is 1. The molecule has 0 aliphatic heterocycles. The number of aromatic nitrogens is 1. The molecule has 134 valence electrons. The van der Waals surface area contributed by atoms with Gasteiger partial charge >= 0.3 is 0 Å². The highest BCUT2D eigenvalue weighted by Gasteiger charge is 2.77. The van der Waals surface area contributed by atoms with Crippen LogP contribution in [0, 0.1) is 34.0 Å². The van der Waals surface area contributed by atoms with Crippen LogP contribution in [0.4, 0.5) is 0 Å². The quantitative estimate of drug-likeness (QED) is 0.699. The Bertz CT molecular complexity index is 883. The number of fused-ring (bicyclic) bond motifs is 4. The smallest absolute Gasteiger partial charge is 0.140 e. The van der Waals surface area contributed by atoms with E-state index >= 15 is 0 Å². The topological polar surface area (TPSA) is 30.0 Å². The maximum atomic E-state index is 13.3. The van der Waals surface area contributed by atoms with E-state index in [1.807, 2.05) is 18.5 Å². The molecule has 0 N–H and O–H groups in total. The summed E-state index contributed by atoms with van der Waals surface area (Å²) in [6.07, 6.45) is 15.6. The SMILES string of the molecule is CC12CCC3C(CC(=O)C45CC4CCC35C)C1=CC=C2c1cccnc1. The Hall–Kier alpha value is -1.70. The molecule has 0 bridgehead atoms. The second kappa shape index (κ2) is 4.58. The van der Waals surface area contributed by atoms with Crippen molar-refractivity contribution in [2.24, 2.45) is 34.0 Å². The summed E-state index contributed by atoms with van der Waals surface area (Å²) in [5, 5.41) is 0. The van der Waals surface area contributed by atoms with Crippen LogP contribution in [0.1, 0.15) is 57.9 Å². The fourth-order valence-corrected chi connectivity index (χ4v) is 7.95. The van der Waals surface area contributed by atoms with Gasteiger partial charge in [-0.15, -0.1) is 0 Å². The van der Waals surface area contributed by atoms with Crippen molar-refractivity contribution >= 4 is 11.4 Å². The van der Waals surface area contributed by atoms with Gasteiger partial charge in [-0.05, 0) is 72.5 Å². The van der Waals surface area contributed by atoms with Crippen LogP contribution in [0.25, 0.3) is 5.57 Å². The van der Waals surface area contributed by atoms with E-state index in [1.54, 1.807) is 5.57 Å². The van der Waals surface area contributed by atoms with E-state index in [0.717, 1.165) is 12.3 Å². The second-order valence-electron chi connectivity index (χ2n) is 9.98. The standard InChI is InChI=1S/C24H27NO/c1-22-9-8-20-17(12-21(26)24-13-16(24)7-10-23(20,24)2)19(22)6-5-18(22)15-4-3-11-25-14-15/h3-6,11,14,16-17,20H,7-10,12-13H2,1-2H3. The van der Waals surface area contributed by atoms with E-state index in [4.69, 9.17) is 0 Å². The summed E-state index contributed by atoms with van der Waals surface area (Å²) in [6.45, 7) is 4.88. The number of carbonyl (C=O) groups excluding carboxylic acids is 1. The minimum atomic E-state index is 0.0840. The van der Waals surface area contributed by atoms with E-state index in [-0.39, 0.29) is 16.2 Å². The number of allylic oxidation sites excluding steroid dienone is 4. The van der Waals surface area contributed by atoms with E-state index < -0.39 is 0 Å². The summed E-state index contributed by atoms with van der Waals surface area (Å²) in [7, 11) is 0. The van der Waals surface area contributed by atoms with Crippen LogP contribution in [0.5, 0.6) is 0 Å². The average Bonchev–Trinajstić information content (AvgIpc) is 3.17. The van der Waals surface area contributed by atoms with Crippen LogP contribution in [0.15, 0.2) is 42.3 Å². The van der Waals surface area contributed by atoms with Crippen molar-refractivity contribution in [2.45, 2.75) is 52.4 Å². The van der Waals surface area contributed by atoms with Crippen molar-refractivity contribution in [1.82, 2.24) is 4.98 Å². The Morgan fingerprint density at radius 2 is 2.04 bits per heavy atom. The Kier molecular flexibility index (Phi) is 2.71. The highest BCUT2D eigenvalue weighted by molar-refractivity contribution is 5.92. The van der Waals surface area contributed by atoms with Crippen LogP contribution >= 0.6 is 0 Å². The number of hydrogen-bond donors (Lipinski definition) is 0. The lowest BCUT2D eigenvalue weighted by atomic mass is 9.47. The van der Waals surface area contributed by atoms with Crippen LogP contribution in [-0.4, -0.2) is 10.8 Å². The lowest BCUT2D eigenvalue weighted by Gasteiger charge is -2.56. The van der Waals surface area contributed by atoms with Gasteiger partial charge in [0.15, 0.2) is 0 Å². The molecule has 1 aromatic rings. The van der Waals surface area contributed by atoms with Gasteiger partial charge in [0, 0.05) is 29.6 Å². The van der Waals surface area contributed by atoms with Crippen LogP contribution in [0.3, 0.4) is 0 Å². The molecule has 5 aliphatic carbocycles. The predicted molar refractivity (Wildman–Crippen MR) is 102 cm³/mol. The Morgan fingerprint density at radius 3 is 2.81 bits per heavy atom. The van der Waals surface area contributed by atoms with Gasteiger partial charge in [-0.3, -0.25) is 9.78 Å². The second-order valence-corrected chi connectivity index (χ2v) is 9.98. The molecule has 4 saturated carbocycles. The first kappa shape index (κ1) is 15.4. The largest absolute Gasteiger partial charge is 0.299 e. The van der Waals surface area contributed by atoms with Gasteiger partial charge in [0.25, 0.3) is 0 Å². The third-order valence-corrected chi connectivity index (χ3v) is 9.33. The highest BCUT2D eigenvalue weighted by Crippen LogP contribution is 2.80. The summed E-state index contributed by atoms with van der Waals surface area (Å²) >= 11 is 0. The zero-order valence-electron chi connectivity index (χ0n) is 15.8. The Labute approximate surface area is 155 Å². The van der Waals surface area contributed by atoms with Crippen molar-refractivity contribution in [3.05, 3.63) is 47.8 Å². The monoisotopic (exact) mass is 345 g/mol. The van der Waals surface area contributed by atoms with Crippen LogP contribution in [0.2, 0.25) is 0 Å². The summed E-state index contributed by atoms with van der Waals surface area (Å²) < 4.78 is 0. The molecule has 0 radical (unpaired) electrons. The third kappa shape index (κ3) is 1.53. The molecule has 0 saturated heterocycles. The molecule has 1 spiro atoms. The number of rotatable bonds is 1. The summed E-state index contributed by atoms with van der Waals surface area (Å²) in [4.78, 5) is 17.6. The zero-order valence-corrected chi connectivity index (χ0v) is 15.8. The number of carbonyl (C=O) groups is 1. The minimum Gasteiger partial charge on any atom is -0.299 e. The van der Waals surface area contributed by atoms with E-state index in [0.29, 0.717) is 17.6 Å². The minimum absolute atomic E-state index is 0.0840. The summed E-state index contributed by atoms with van der Waals surface area (Å²) in [5.41, 5.74) is 4.63. The molecule has 1 aromatic heterocycles. The van der Waals surface area contributed by atoms with Gasteiger partial charge in [-0.2, -0.15) is 0 Å². The first-order valence-corrected chi connectivity index (χ1v) is 10.4. The number of pyridine rings is 1. The fourth-order valence-electron chi connectivity index (χ4n) is 7.95. The molecular weight excluding hydrogens is 318 g/mol. The Balaban J connectivity index is 1.40. The first-order chi connectivity index (χ1) is 12.5. The zero-order chi connectivity index (χ0) is 17.7. The van der Waals surface area contributed by atoms with Gasteiger partial charge in [0.1, 0.15) is 5.78 Å². The van der Waals surface area contributed by atoms with Gasteiger partial charge in [0.05, 0.1) is 0 Å². The molecule has 0 amide bonds. The third-order valence-electron chi connectivity index (χ3n) is 9.33. The number of nitrogens with zero attached hydrogens (tertiary/aromatic N) is 1. The van der Waals surface area contributed by atoms with E-state index in [9.17, 15) is 4.79 Å². The lowest BCUT2D eigenvalue weighted by molar-refractivity contribution is -0.140. The number of ketones is 1. The molecule has 6 rings (SSSR count). The van der Waals surface area contributed by atoms with Crippen LogP contribution in [-0.2, 0) is 4.79 Å². The average molecular weight is 345 g/mol. The highest BCUT2D eigenvalue weighted by atomic mass is 16.1. The molecule has 26 heavy (non-hydrogen) atoms. The molecule has 2 heteroatoms. The lowest BCUT2D eigenvalue weighted by Crippen LogP contribution is -2.52. The van der Waals surface area contributed by atoms with E-state index in [1.165, 1.54) is 43.2 Å². The molecule has 2 nitrogen and oxygen atoms in total.